The maximum atomic E-state index is 11.8. The van der Waals surface area contributed by atoms with Crippen LogP contribution in [0.3, 0.4) is 0 Å². The first-order valence-electron chi connectivity index (χ1n) is 6.40. The van der Waals surface area contributed by atoms with Gasteiger partial charge in [-0.25, -0.2) is 9.59 Å². The minimum atomic E-state index is -1.14. The molecule has 0 atom stereocenters. The Bertz CT molecular complexity index is 676. The smallest absolute Gasteiger partial charge is 0.371 e. The van der Waals surface area contributed by atoms with Crippen molar-refractivity contribution in [2.45, 2.75) is 20.4 Å². The minimum Gasteiger partial charge on any atom is -0.475 e. The van der Waals surface area contributed by atoms with E-state index in [1.54, 1.807) is 0 Å². The van der Waals surface area contributed by atoms with Gasteiger partial charge in [0.2, 0.25) is 5.76 Å². The van der Waals surface area contributed by atoms with E-state index in [0.717, 1.165) is 16.8 Å². The summed E-state index contributed by atoms with van der Waals surface area (Å²) in [4.78, 5) is 22.4. The molecule has 1 aromatic heterocycles. The fourth-order valence-corrected chi connectivity index (χ4v) is 1.88. The number of rotatable bonds is 4. The zero-order valence-electron chi connectivity index (χ0n) is 11.8. The molecule has 0 saturated carbocycles. The highest BCUT2D eigenvalue weighted by molar-refractivity contribution is 5.90. The average Bonchev–Trinajstić information content (AvgIpc) is 2.89. The van der Waals surface area contributed by atoms with Crippen LogP contribution in [-0.4, -0.2) is 17.1 Å². The van der Waals surface area contributed by atoms with Crippen LogP contribution >= 0.6 is 0 Å². The Balaban J connectivity index is 1.91. The number of nitrogens with one attached hydrogen (secondary N) is 2. The van der Waals surface area contributed by atoms with Gasteiger partial charge in [0, 0.05) is 5.69 Å². The SMILES string of the molecule is Cc1ccc(NC(=O)NCc2ccc(C(=O)O)o2)c(C)c1. The van der Waals surface area contributed by atoms with Crippen molar-refractivity contribution in [3.05, 3.63) is 53.0 Å². The molecule has 1 heterocycles. The van der Waals surface area contributed by atoms with E-state index in [4.69, 9.17) is 9.52 Å². The lowest BCUT2D eigenvalue weighted by atomic mass is 10.1. The third-order valence-corrected chi connectivity index (χ3v) is 2.93. The first kappa shape index (κ1) is 14.6. The Labute approximate surface area is 121 Å². The predicted octanol–water partition coefficient (Wildman–Crippen LogP) is 2.92. The summed E-state index contributed by atoms with van der Waals surface area (Å²) >= 11 is 0. The molecule has 6 nitrogen and oxygen atoms in total. The molecule has 0 aliphatic heterocycles. The Morgan fingerprint density at radius 1 is 1.19 bits per heavy atom. The van der Waals surface area contributed by atoms with Gasteiger partial charge >= 0.3 is 12.0 Å². The molecule has 0 spiro atoms. The molecular weight excluding hydrogens is 272 g/mol. The van der Waals surface area contributed by atoms with Gasteiger partial charge in [0.05, 0.1) is 6.54 Å². The molecule has 110 valence electrons. The summed E-state index contributed by atoms with van der Waals surface area (Å²) in [6.45, 7) is 4.01. The lowest BCUT2D eigenvalue weighted by molar-refractivity contribution is 0.0660. The molecule has 0 unspecified atom stereocenters. The highest BCUT2D eigenvalue weighted by Gasteiger charge is 2.10. The molecule has 6 heteroatoms. The fraction of sp³-hybridized carbons (Fsp3) is 0.200. The van der Waals surface area contributed by atoms with Gasteiger partial charge in [0.25, 0.3) is 0 Å². The van der Waals surface area contributed by atoms with E-state index in [1.165, 1.54) is 12.1 Å². The molecular formula is C15H16N2O4. The number of urea groups is 1. The van der Waals surface area contributed by atoms with Crippen LogP contribution in [-0.2, 0) is 6.54 Å². The van der Waals surface area contributed by atoms with Crippen LogP contribution < -0.4 is 10.6 Å². The second kappa shape index (κ2) is 6.13. The third kappa shape index (κ3) is 3.85. The largest absolute Gasteiger partial charge is 0.475 e. The lowest BCUT2D eigenvalue weighted by Gasteiger charge is -2.09. The van der Waals surface area contributed by atoms with Crippen molar-refractivity contribution < 1.29 is 19.1 Å². The molecule has 2 amide bonds. The molecule has 0 aliphatic rings. The average molecular weight is 288 g/mol. The highest BCUT2D eigenvalue weighted by atomic mass is 16.4. The van der Waals surface area contributed by atoms with Crippen LogP contribution in [0.25, 0.3) is 0 Å². The van der Waals surface area contributed by atoms with Gasteiger partial charge in [-0.1, -0.05) is 17.7 Å². The minimum absolute atomic E-state index is 0.115. The van der Waals surface area contributed by atoms with Gasteiger partial charge in [-0.3, -0.25) is 0 Å². The van der Waals surface area contributed by atoms with E-state index in [2.05, 4.69) is 10.6 Å². The topological polar surface area (TPSA) is 91.6 Å². The Morgan fingerprint density at radius 3 is 2.57 bits per heavy atom. The summed E-state index contributed by atoms with van der Waals surface area (Å²) in [6, 6.07) is 8.20. The Hall–Kier alpha value is -2.76. The van der Waals surface area contributed by atoms with Crippen molar-refractivity contribution in [1.29, 1.82) is 0 Å². The number of carbonyl (C=O) groups is 2. The van der Waals surface area contributed by atoms with Crippen LogP contribution in [0.5, 0.6) is 0 Å². The van der Waals surface area contributed by atoms with E-state index >= 15 is 0 Å². The lowest BCUT2D eigenvalue weighted by Crippen LogP contribution is -2.28. The second-order valence-corrected chi connectivity index (χ2v) is 4.70. The quantitative estimate of drug-likeness (QED) is 0.806. The molecule has 0 aliphatic carbocycles. The molecule has 3 N–H and O–H groups in total. The maximum Gasteiger partial charge on any atom is 0.371 e. The van der Waals surface area contributed by atoms with Crippen molar-refractivity contribution in [2.24, 2.45) is 0 Å². The summed E-state index contributed by atoms with van der Waals surface area (Å²) in [5.41, 5.74) is 2.82. The number of hydrogen-bond donors (Lipinski definition) is 3. The third-order valence-electron chi connectivity index (χ3n) is 2.93. The van der Waals surface area contributed by atoms with Crippen LogP contribution in [0.15, 0.2) is 34.7 Å². The number of carbonyl (C=O) groups excluding carboxylic acids is 1. The number of carboxylic acids is 1. The number of hydrogen-bond acceptors (Lipinski definition) is 3. The zero-order valence-corrected chi connectivity index (χ0v) is 11.8. The van der Waals surface area contributed by atoms with Crippen molar-refractivity contribution in [2.75, 3.05) is 5.32 Å². The van der Waals surface area contributed by atoms with Gasteiger partial charge in [-0.2, -0.15) is 0 Å². The Kier molecular flexibility index (Phi) is 4.27. The Morgan fingerprint density at radius 2 is 1.95 bits per heavy atom. The van der Waals surface area contributed by atoms with Crippen molar-refractivity contribution in [3.63, 3.8) is 0 Å². The van der Waals surface area contributed by atoms with Gasteiger partial charge < -0.3 is 20.2 Å². The number of benzene rings is 1. The number of amides is 2. The van der Waals surface area contributed by atoms with Crippen molar-refractivity contribution >= 4 is 17.7 Å². The summed E-state index contributed by atoms with van der Waals surface area (Å²) in [5.74, 6) is -0.911. The molecule has 2 rings (SSSR count). The van der Waals surface area contributed by atoms with Crippen LogP contribution in [0, 0.1) is 13.8 Å². The summed E-state index contributed by atoms with van der Waals surface area (Å²) in [6.07, 6.45) is 0. The molecule has 2 aromatic rings. The van der Waals surface area contributed by atoms with Gasteiger partial charge in [-0.15, -0.1) is 0 Å². The van der Waals surface area contributed by atoms with Crippen molar-refractivity contribution in [1.82, 2.24) is 5.32 Å². The summed E-state index contributed by atoms with van der Waals surface area (Å²) < 4.78 is 5.04. The maximum absolute atomic E-state index is 11.8. The highest BCUT2D eigenvalue weighted by Crippen LogP contribution is 2.15. The molecule has 1 aromatic carbocycles. The number of carboxylic acid groups (broad SMARTS) is 1. The molecule has 0 fully saturated rings. The van der Waals surface area contributed by atoms with E-state index in [1.807, 2.05) is 32.0 Å². The zero-order chi connectivity index (χ0) is 15.4. The normalized spacial score (nSPS) is 10.2. The van der Waals surface area contributed by atoms with E-state index in [9.17, 15) is 9.59 Å². The number of aryl methyl sites for hydroxylation is 2. The first-order chi connectivity index (χ1) is 9.95. The van der Waals surface area contributed by atoms with Crippen LogP contribution in [0.4, 0.5) is 10.5 Å². The number of furan rings is 1. The number of anilines is 1. The molecule has 21 heavy (non-hydrogen) atoms. The van der Waals surface area contributed by atoms with Gasteiger partial charge in [0.1, 0.15) is 5.76 Å². The van der Waals surface area contributed by atoms with Gasteiger partial charge in [0.15, 0.2) is 0 Å². The van der Waals surface area contributed by atoms with E-state index in [0.29, 0.717) is 5.76 Å². The molecule has 0 bridgehead atoms. The summed E-state index contributed by atoms with van der Waals surface area (Å²) in [7, 11) is 0. The van der Waals surface area contributed by atoms with Gasteiger partial charge in [-0.05, 0) is 37.6 Å². The predicted molar refractivity (Wildman–Crippen MR) is 77.4 cm³/mol. The van der Waals surface area contributed by atoms with Crippen LogP contribution in [0.1, 0.15) is 27.4 Å². The first-order valence-corrected chi connectivity index (χ1v) is 6.40. The number of aromatic carboxylic acids is 1. The monoisotopic (exact) mass is 288 g/mol. The van der Waals surface area contributed by atoms with E-state index in [-0.39, 0.29) is 18.3 Å². The summed E-state index contributed by atoms with van der Waals surface area (Å²) in [5, 5.41) is 14.1. The van der Waals surface area contributed by atoms with Crippen molar-refractivity contribution in [3.8, 4) is 0 Å². The molecule has 0 saturated heterocycles. The second-order valence-electron chi connectivity index (χ2n) is 4.70. The fourth-order valence-electron chi connectivity index (χ4n) is 1.88. The van der Waals surface area contributed by atoms with Crippen LogP contribution in [0.2, 0.25) is 0 Å². The van der Waals surface area contributed by atoms with E-state index < -0.39 is 5.97 Å². The molecule has 0 radical (unpaired) electrons. The standard InChI is InChI=1S/C15H16N2O4/c1-9-3-5-12(10(2)7-9)17-15(20)16-8-11-4-6-13(21-11)14(18)19/h3-7H,8H2,1-2H3,(H,18,19)(H2,16,17,20).